The van der Waals surface area contributed by atoms with E-state index in [0.29, 0.717) is 5.78 Å². The number of carbonyl (C=O) groups excluding carboxylic acids is 1. The van der Waals surface area contributed by atoms with E-state index in [-0.39, 0.29) is 0 Å². The van der Waals surface area contributed by atoms with Crippen LogP contribution in [-0.4, -0.2) is 11.1 Å². The Morgan fingerprint density at radius 1 is 1.67 bits per heavy atom. The molecular formula is C7H9BrO. The lowest BCUT2D eigenvalue weighted by Gasteiger charge is -2.07. The lowest BCUT2D eigenvalue weighted by atomic mass is 10.00. The number of alkyl halides is 1. The molecular weight excluding hydrogens is 180 g/mol. The van der Waals surface area contributed by atoms with E-state index < -0.39 is 0 Å². The van der Waals surface area contributed by atoms with Crippen LogP contribution in [0.2, 0.25) is 0 Å². The number of ketones is 1. The summed E-state index contributed by atoms with van der Waals surface area (Å²) in [5.74, 6) is 0.318. The molecule has 0 saturated heterocycles. The van der Waals surface area contributed by atoms with Crippen molar-refractivity contribution in [3.8, 4) is 0 Å². The second kappa shape index (κ2) is 3.16. The van der Waals surface area contributed by atoms with Gasteiger partial charge in [0.1, 0.15) is 0 Å². The summed E-state index contributed by atoms with van der Waals surface area (Å²) >= 11 is 3.26. The van der Waals surface area contributed by atoms with Crippen molar-refractivity contribution < 1.29 is 4.79 Å². The van der Waals surface area contributed by atoms with E-state index in [0.717, 1.165) is 30.2 Å². The highest BCUT2D eigenvalue weighted by Crippen LogP contribution is 2.14. The maximum atomic E-state index is 10.9. The number of rotatable bonds is 1. The highest BCUT2D eigenvalue weighted by Gasteiger charge is 2.10. The Balaban J connectivity index is 2.64. The minimum atomic E-state index is 0.318. The average Bonchev–Trinajstić information content (AvgIpc) is 1.89. The van der Waals surface area contributed by atoms with Crippen LogP contribution < -0.4 is 0 Å². The molecule has 0 unspecified atom stereocenters. The van der Waals surface area contributed by atoms with Gasteiger partial charge in [0.2, 0.25) is 0 Å². The maximum absolute atomic E-state index is 10.9. The first-order valence-corrected chi connectivity index (χ1v) is 4.25. The average molecular weight is 189 g/mol. The molecule has 0 aromatic carbocycles. The predicted octanol–water partition coefficient (Wildman–Crippen LogP) is 2.06. The zero-order valence-electron chi connectivity index (χ0n) is 5.19. The van der Waals surface area contributed by atoms with Gasteiger partial charge in [-0.3, -0.25) is 4.79 Å². The SMILES string of the molecule is O=C1CCCC=C1CBr. The van der Waals surface area contributed by atoms with Crippen molar-refractivity contribution in [2.24, 2.45) is 0 Å². The van der Waals surface area contributed by atoms with Crippen LogP contribution in [0.15, 0.2) is 11.6 Å². The molecule has 1 rings (SSSR count). The van der Waals surface area contributed by atoms with Crippen LogP contribution in [0.1, 0.15) is 19.3 Å². The number of hydrogen-bond acceptors (Lipinski definition) is 1. The van der Waals surface area contributed by atoms with Crippen LogP contribution in [0.5, 0.6) is 0 Å². The first kappa shape index (κ1) is 7.00. The molecule has 0 heterocycles. The van der Waals surface area contributed by atoms with E-state index in [1.54, 1.807) is 0 Å². The van der Waals surface area contributed by atoms with Gasteiger partial charge in [-0.25, -0.2) is 0 Å². The lowest BCUT2D eigenvalue weighted by molar-refractivity contribution is -0.115. The summed E-state index contributed by atoms with van der Waals surface area (Å²) in [5, 5.41) is 0.728. The van der Waals surface area contributed by atoms with Crippen molar-refractivity contribution in [3.05, 3.63) is 11.6 Å². The van der Waals surface area contributed by atoms with E-state index in [1.165, 1.54) is 0 Å². The van der Waals surface area contributed by atoms with Crippen molar-refractivity contribution in [2.75, 3.05) is 5.33 Å². The fourth-order valence-electron chi connectivity index (χ4n) is 0.942. The van der Waals surface area contributed by atoms with E-state index in [4.69, 9.17) is 0 Å². The van der Waals surface area contributed by atoms with Gasteiger partial charge in [0, 0.05) is 17.3 Å². The molecule has 9 heavy (non-hydrogen) atoms. The summed E-state index contributed by atoms with van der Waals surface area (Å²) in [6.07, 6.45) is 4.89. The highest BCUT2D eigenvalue weighted by atomic mass is 79.9. The number of hydrogen-bond donors (Lipinski definition) is 0. The van der Waals surface area contributed by atoms with Gasteiger partial charge in [-0.1, -0.05) is 22.0 Å². The lowest BCUT2D eigenvalue weighted by Crippen LogP contribution is -2.07. The van der Waals surface area contributed by atoms with Crippen LogP contribution >= 0.6 is 15.9 Å². The van der Waals surface area contributed by atoms with Gasteiger partial charge in [-0.2, -0.15) is 0 Å². The molecule has 0 bridgehead atoms. The third-order valence-corrected chi connectivity index (χ3v) is 2.10. The largest absolute Gasteiger partial charge is 0.295 e. The normalized spacial score (nSPS) is 19.7. The summed E-state index contributed by atoms with van der Waals surface area (Å²) < 4.78 is 0. The Labute approximate surface area is 63.3 Å². The fraction of sp³-hybridized carbons (Fsp3) is 0.571. The molecule has 0 aromatic rings. The van der Waals surface area contributed by atoms with Crippen molar-refractivity contribution >= 4 is 21.7 Å². The van der Waals surface area contributed by atoms with Crippen LogP contribution in [-0.2, 0) is 4.79 Å². The van der Waals surface area contributed by atoms with Crippen molar-refractivity contribution in [3.63, 3.8) is 0 Å². The molecule has 0 aromatic heterocycles. The zero-order valence-corrected chi connectivity index (χ0v) is 6.78. The topological polar surface area (TPSA) is 17.1 Å². The smallest absolute Gasteiger partial charge is 0.159 e. The maximum Gasteiger partial charge on any atom is 0.159 e. The number of halogens is 1. The molecule has 0 aliphatic heterocycles. The van der Waals surface area contributed by atoms with Crippen LogP contribution in [0.25, 0.3) is 0 Å². The second-order valence-electron chi connectivity index (χ2n) is 2.18. The molecule has 2 heteroatoms. The van der Waals surface area contributed by atoms with Gasteiger partial charge >= 0.3 is 0 Å². The summed E-state index contributed by atoms with van der Waals surface area (Å²) in [4.78, 5) is 10.9. The van der Waals surface area contributed by atoms with Crippen LogP contribution in [0.3, 0.4) is 0 Å². The van der Waals surface area contributed by atoms with E-state index in [1.807, 2.05) is 6.08 Å². The molecule has 1 aliphatic rings. The molecule has 0 radical (unpaired) electrons. The molecule has 1 aliphatic carbocycles. The van der Waals surface area contributed by atoms with Crippen LogP contribution in [0, 0.1) is 0 Å². The Morgan fingerprint density at radius 3 is 2.89 bits per heavy atom. The Kier molecular flexibility index (Phi) is 2.46. The molecule has 0 fully saturated rings. The third kappa shape index (κ3) is 1.65. The molecule has 1 nitrogen and oxygen atoms in total. The van der Waals surface area contributed by atoms with E-state index >= 15 is 0 Å². The van der Waals surface area contributed by atoms with Gasteiger partial charge in [-0.15, -0.1) is 0 Å². The molecule has 0 amide bonds. The Morgan fingerprint density at radius 2 is 2.44 bits per heavy atom. The van der Waals surface area contributed by atoms with Crippen molar-refractivity contribution in [1.29, 1.82) is 0 Å². The number of allylic oxidation sites excluding steroid dienone is 2. The van der Waals surface area contributed by atoms with E-state index in [2.05, 4.69) is 15.9 Å². The van der Waals surface area contributed by atoms with Gasteiger partial charge in [0.25, 0.3) is 0 Å². The minimum Gasteiger partial charge on any atom is -0.295 e. The summed E-state index contributed by atoms with van der Waals surface area (Å²) in [5.41, 5.74) is 0.959. The van der Waals surface area contributed by atoms with Gasteiger partial charge in [0.15, 0.2) is 5.78 Å². The standard InChI is InChI=1S/C7H9BrO/c8-5-6-3-1-2-4-7(6)9/h3H,1-2,4-5H2. The quantitative estimate of drug-likeness (QED) is 0.577. The highest BCUT2D eigenvalue weighted by molar-refractivity contribution is 9.09. The predicted molar refractivity (Wildman–Crippen MR) is 40.7 cm³/mol. The van der Waals surface area contributed by atoms with Crippen LogP contribution in [0.4, 0.5) is 0 Å². The fourth-order valence-corrected chi connectivity index (χ4v) is 1.48. The first-order chi connectivity index (χ1) is 4.34. The Bertz CT molecular complexity index is 149. The van der Waals surface area contributed by atoms with Gasteiger partial charge < -0.3 is 0 Å². The van der Waals surface area contributed by atoms with Crippen molar-refractivity contribution in [2.45, 2.75) is 19.3 Å². The molecule has 0 saturated carbocycles. The van der Waals surface area contributed by atoms with E-state index in [9.17, 15) is 4.79 Å². The summed E-state index contributed by atoms with van der Waals surface area (Å²) in [6, 6.07) is 0. The third-order valence-electron chi connectivity index (χ3n) is 1.50. The van der Waals surface area contributed by atoms with Gasteiger partial charge in [0.05, 0.1) is 0 Å². The number of carbonyl (C=O) groups is 1. The first-order valence-electron chi connectivity index (χ1n) is 3.13. The minimum absolute atomic E-state index is 0.318. The molecule has 0 N–H and O–H groups in total. The Hall–Kier alpha value is -0.110. The summed E-state index contributed by atoms with van der Waals surface area (Å²) in [6.45, 7) is 0. The monoisotopic (exact) mass is 188 g/mol. The molecule has 0 spiro atoms. The zero-order chi connectivity index (χ0) is 6.69. The molecule has 50 valence electrons. The van der Waals surface area contributed by atoms with Gasteiger partial charge in [-0.05, 0) is 12.8 Å². The second-order valence-corrected chi connectivity index (χ2v) is 2.74. The number of Topliss-reactive ketones (excluding diaryl/α,β-unsaturated/α-hetero) is 1. The summed E-state index contributed by atoms with van der Waals surface area (Å²) in [7, 11) is 0. The van der Waals surface area contributed by atoms with Crippen molar-refractivity contribution in [1.82, 2.24) is 0 Å². The molecule has 0 atom stereocenters.